The van der Waals surface area contributed by atoms with Crippen molar-refractivity contribution in [2.45, 2.75) is 11.3 Å². The van der Waals surface area contributed by atoms with Crippen molar-refractivity contribution in [3.63, 3.8) is 0 Å². The third kappa shape index (κ3) is 2.19. The Hall–Kier alpha value is -1.11. The summed E-state index contributed by atoms with van der Waals surface area (Å²) >= 11 is -2.14. The molecule has 2 nitrogen and oxygen atoms in total. The lowest BCUT2D eigenvalue weighted by Crippen LogP contribution is -1.89. The quantitative estimate of drug-likeness (QED) is 0.504. The molecule has 0 N–H and O–H groups in total. The van der Waals surface area contributed by atoms with E-state index in [1.807, 2.05) is 0 Å². The summed E-state index contributed by atoms with van der Waals surface area (Å²) in [6.07, 6.45) is 5.62. The third-order valence-electron chi connectivity index (χ3n) is 1.42. The van der Waals surface area contributed by atoms with Crippen molar-refractivity contribution in [2.75, 3.05) is 0 Å². The molecule has 0 bridgehead atoms. The molecular weight excluding hydrogens is 172 g/mol. The fourth-order valence-corrected chi connectivity index (χ4v) is 1.19. The number of rotatable bonds is 2. The van der Waals surface area contributed by atoms with E-state index >= 15 is 0 Å². The molecule has 1 aromatic carbocycles. The summed E-state index contributed by atoms with van der Waals surface area (Å²) in [6.45, 7) is 0. The predicted molar refractivity (Wildman–Crippen MR) is 46.2 cm³/mol. The first-order chi connectivity index (χ1) is 5.74. The fourth-order valence-electron chi connectivity index (χ4n) is 0.836. The zero-order valence-corrected chi connectivity index (χ0v) is 7.14. The second-order valence-corrected chi connectivity index (χ2v) is 3.20. The van der Waals surface area contributed by atoms with Crippen LogP contribution in [0, 0.1) is 12.3 Å². The highest BCUT2D eigenvalue weighted by Gasteiger charge is 1.92. The Morgan fingerprint density at radius 3 is 2.42 bits per heavy atom. The van der Waals surface area contributed by atoms with E-state index in [9.17, 15) is 8.76 Å². The van der Waals surface area contributed by atoms with Gasteiger partial charge in [-0.15, -0.1) is 12.3 Å². The van der Waals surface area contributed by atoms with Crippen LogP contribution < -0.4 is 0 Å². The molecule has 0 saturated heterocycles. The van der Waals surface area contributed by atoms with Crippen molar-refractivity contribution in [3.05, 3.63) is 29.8 Å². The van der Waals surface area contributed by atoms with Crippen molar-refractivity contribution in [3.8, 4) is 12.3 Å². The average molecular weight is 179 g/mol. The monoisotopic (exact) mass is 179 g/mol. The predicted octanol–water partition coefficient (Wildman–Crippen LogP) is 1.10. The van der Waals surface area contributed by atoms with Gasteiger partial charge in [-0.2, -0.15) is 0 Å². The molecule has 1 unspecified atom stereocenters. The Bertz CT molecular complexity index is 321. The van der Waals surface area contributed by atoms with Gasteiger partial charge in [0.2, 0.25) is 0 Å². The van der Waals surface area contributed by atoms with Crippen LogP contribution in [-0.2, 0) is 17.5 Å². The number of hydrogen-bond donors (Lipinski definition) is 0. The van der Waals surface area contributed by atoms with Crippen LogP contribution in [0.25, 0.3) is 0 Å². The number of hydrogen-bond acceptors (Lipinski definition) is 2. The van der Waals surface area contributed by atoms with Crippen LogP contribution in [0.2, 0.25) is 0 Å². The van der Waals surface area contributed by atoms with Crippen LogP contribution in [0.5, 0.6) is 0 Å². The van der Waals surface area contributed by atoms with Gasteiger partial charge in [-0.05, 0) is 28.8 Å². The minimum atomic E-state index is -2.14. The molecule has 1 aromatic rings. The summed E-state index contributed by atoms with van der Waals surface area (Å²) < 4.78 is 20.9. The molecule has 0 aliphatic carbocycles. The summed E-state index contributed by atoms with van der Waals surface area (Å²) in [4.78, 5) is 0.288. The molecule has 0 amide bonds. The summed E-state index contributed by atoms with van der Waals surface area (Å²) in [5.74, 6) is 2.48. The van der Waals surface area contributed by atoms with E-state index in [1.54, 1.807) is 12.1 Å². The third-order valence-corrected chi connectivity index (χ3v) is 2.08. The van der Waals surface area contributed by atoms with Gasteiger partial charge in [0, 0.05) is 11.3 Å². The van der Waals surface area contributed by atoms with E-state index in [1.165, 1.54) is 12.1 Å². The molecule has 62 valence electrons. The van der Waals surface area contributed by atoms with E-state index in [2.05, 4.69) is 5.92 Å². The molecule has 0 heterocycles. The molecule has 0 aliphatic rings. The van der Waals surface area contributed by atoms with Crippen molar-refractivity contribution < 1.29 is 8.76 Å². The molecule has 1 rings (SSSR count). The highest BCUT2D eigenvalue weighted by atomic mass is 32.2. The van der Waals surface area contributed by atoms with E-state index in [0.717, 1.165) is 5.56 Å². The normalized spacial score (nSPS) is 12.0. The van der Waals surface area contributed by atoms with Gasteiger partial charge < -0.3 is 4.55 Å². The van der Waals surface area contributed by atoms with Crippen molar-refractivity contribution in [2.24, 2.45) is 0 Å². The molecule has 0 radical (unpaired) electrons. The lowest BCUT2D eigenvalue weighted by molar-refractivity contribution is 0.537. The van der Waals surface area contributed by atoms with E-state index < -0.39 is 11.1 Å². The Kier molecular flexibility index (Phi) is 3.03. The van der Waals surface area contributed by atoms with Crippen LogP contribution >= 0.6 is 0 Å². The average Bonchev–Trinajstić information content (AvgIpc) is 2.06. The summed E-state index contributed by atoms with van der Waals surface area (Å²) in [7, 11) is 0. The largest absolute Gasteiger partial charge is 0.768 e. The molecule has 3 heteroatoms. The van der Waals surface area contributed by atoms with Crippen LogP contribution in [0.1, 0.15) is 5.56 Å². The van der Waals surface area contributed by atoms with Gasteiger partial charge in [-0.3, -0.25) is 4.21 Å². The minimum Gasteiger partial charge on any atom is -0.768 e. The summed E-state index contributed by atoms with van der Waals surface area (Å²) in [6, 6.07) is 6.50. The zero-order chi connectivity index (χ0) is 8.97. The van der Waals surface area contributed by atoms with Gasteiger partial charge in [-0.1, -0.05) is 12.1 Å². The minimum absolute atomic E-state index is 0.288. The SMILES string of the molecule is C#CCc1ccc(S(=O)[O-])cc1. The van der Waals surface area contributed by atoms with Gasteiger partial charge >= 0.3 is 0 Å². The fraction of sp³-hybridized carbons (Fsp3) is 0.111. The number of benzene rings is 1. The molecule has 0 saturated carbocycles. The van der Waals surface area contributed by atoms with Crippen LogP contribution in [-0.4, -0.2) is 8.76 Å². The first-order valence-electron chi connectivity index (χ1n) is 3.35. The smallest absolute Gasteiger partial charge is 0.0337 e. The molecule has 0 spiro atoms. The lowest BCUT2D eigenvalue weighted by atomic mass is 10.2. The van der Waals surface area contributed by atoms with Gasteiger partial charge in [0.15, 0.2) is 0 Å². The molecule has 0 aliphatic heterocycles. The Morgan fingerprint density at radius 2 is 2.00 bits per heavy atom. The Labute approximate surface area is 73.9 Å². The lowest BCUT2D eigenvalue weighted by Gasteiger charge is -2.04. The van der Waals surface area contributed by atoms with Crippen LogP contribution in [0.3, 0.4) is 0 Å². The van der Waals surface area contributed by atoms with Gasteiger partial charge in [0.05, 0.1) is 0 Å². The van der Waals surface area contributed by atoms with Crippen molar-refractivity contribution >= 4 is 11.1 Å². The maximum Gasteiger partial charge on any atom is 0.0337 e. The van der Waals surface area contributed by atoms with Gasteiger partial charge in [-0.25, -0.2) is 0 Å². The first kappa shape index (κ1) is 8.98. The topological polar surface area (TPSA) is 40.1 Å². The Morgan fingerprint density at radius 1 is 1.42 bits per heavy atom. The zero-order valence-electron chi connectivity index (χ0n) is 6.32. The van der Waals surface area contributed by atoms with E-state index in [-0.39, 0.29) is 4.90 Å². The second-order valence-electron chi connectivity index (χ2n) is 2.26. The summed E-state index contributed by atoms with van der Waals surface area (Å²) in [5.41, 5.74) is 0.951. The highest BCUT2D eigenvalue weighted by Crippen LogP contribution is 2.07. The molecule has 0 aromatic heterocycles. The Balaban J connectivity index is 2.87. The second kappa shape index (κ2) is 4.05. The first-order valence-corrected chi connectivity index (χ1v) is 4.43. The maximum absolute atomic E-state index is 10.4. The number of terminal acetylenes is 1. The van der Waals surface area contributed by atoms with Crippen molar-refractivity contribution in [1.82, 2.24) is 0 Å². The van der Waals surface area contributed by atoms with Crippen LogP contribution in [0.15, 0.2) is 29.2 Å². The molecule has 12 heavy (non-hydrogen) atoms. The highest BCUT2D eigenvalue weighted by molar-refractivity contribution is 7.79. The van der Waals surface area contributed by atoms with Gasteiger partial charge in [0.1, 0.15) is 0 Å². The molecule has 1 atom stereocenters. The van der Waals surface area contributed by atoms with E-state index in [0.29, 0.717) is 6.42 Å². The van der Waals surface area contributed by atoms with Crippen LogP contribution in [0.4, 0.5) is 0 Å². The summed E-state index contributed by atoms with van der Waals surface area (Å²) in [5, 5.41) is 0. The van der Waals surface area contributed by atoms with E-state index in [4.69, 9.17) is 6.42 Å². The van der Waals surface area contributed by atoms with Crippen molar-refractivity contribution in [1.29, 1.82) is 0 Å². The standard InChI is InChI=1S/C9H8O2S/c1-2-3-8-4-6-9(7-5-8)12(10)11/h1,4-7H,3H2,(H,10,11)/p-1. The maximum atomic E-state index is 10.4. The molecular formula is C9H7O2S-. The van der Waals surface area contributed by atoms with Gasteiger partial charge in [0.25, 0.3) is 0 Å². The molecule has 0 fully saturated rings.